The van der Waals surface area contributed by atoms with E-state index in [1.165, 1.54) is 18.4 Å². The fourth-order valence-electron chi connectivity index (χ4n) is 3.98. The van der Waals surface area contributed by atoms with Crippen molar-refractivity contribution in [3.63, 3.8) is 0 Å². The Bertz CT molecular complexity index is 978. The van der Waals surface area contributed by atoms with E-state index in [9.17, 15) is 9.18 Å². The summed E-state index contributed by atoms with van der Waals surface area (Å²) in [7, 11) is 0. The van der Waals surface area contributed by atoms with Gasteiger partial charge in [0.05, 0.1) is 18.8 Å². The van der Waals surface area contributed by atoms with Crippen LogP contribution in [-0.4, -0.2) is 62.1 Å². The molecule has 1 fully saturated rings. The van der Waals surface area contributed by atoms with Crippen LogP contribution in [0.25, 0.3) is 0 Å². The summed E-state index contributed by atoms with van der Waals surface area (Å²) in [5.41, 5.74) is 0.937. The summed E-state index contributed by atoms with van der Waals surface area (Å²) in [6, 6.07) is 9.84. The molecule has 1 aromatic carbocycles. The number of aromatic nitrogens is 4. The number of tetrazole rings is 1. The topological polar surface area (TPSA) is 80.3 Å². The third-order valence-electron chi connectivity index (χ3n) is 5.57. The molecule has 3 aromatic rings. The SMILES string of the molecule is CC(C)C[C@H](c1nnnn1Cc1ccc(F)cc1)N1CCN(C(=O)c2ccco2)CC1. The van der Waals surface area contributed by atoms with Crippen molar-refractivity contribution in [1.29, 1.82) is 0 Å². The summed E-state index contributed by atoms with van der Waals surface area (Å²) in [4.78, 5) is 16.7. The second-order valence-corrected chi connectivity index (χ2v) is 8.27. The number of hydrogen-bond acceptors (Lipinski definition) is 6. The Labute approximate surface area is 180 Å². The van der Waals surface area contributed by atoms with E-state index in [4.69, 9.17) is 4.42 Å². The number of hydrogen-bond donors (Lipinski definition) is 0. The highest BCUT2D eigenvalue weighted by Gasteiger charge is 2.31. The van der Waals surface area contributed by atoms with Crippen molar-refractivity contribution in [2.24, 2.45) is 5.92 Å². The van der Waals surface area contributed by atoms with Gasteiger partial charge in [0.1, 0.15) is 5.82 Å². The molecule has 0 radical (unpaired) electrons. The van der Waals surface area contributed by atoms with Crippen LogP contribution in [0, 0.1) is 11.7 Å². The van der Waals surface area contributed by atoms with Crippen LogP contribution >= 0.6 is 0 Å². The van der Waals surface area contributed by atoms with Gasteiger partial charge in [-0.15, -0.1) is 5.10 Å². The molecular formula is C22H27FN6O2. The minimum Gasteiger partial charge on any atom is -0.459 e. The maximum absolute atomic E-state index is 13.2. The molecule has 1 aliphatic rings. The lowest BCUT2D eigenvalue weighted by molar-refractivity contribution is 0.0500. The summed E-state index contributed by atoms with van der Waals surface area (Å²) >= 11 is 0. The third kappa shape index (κ3) is 4.99. The van der Waals surface area contributed by atoms with Gasteiger partial charge in [-0.2, -0.15) is 0 Å². The van der Waals surface area contributed by atoms with Gasteiger partial charge < -0.3 is 9.32 Å². The van der Waals surface area contributed by atoms with E-state index in [2.05, 4.69) is 34.3 Å². The predicted octanol–water partition coefficient (Wildman–Crippen LogP) is 3.00. The van der Waals surface area contributed by atoms with Crippen molar-refractivity contribution in [3.8, 4) is 0 Å². The molecule has 3 heterocycles. The quantitative estimate of drug-likeness (QED) is 0.578. The summed E-state index contributed by atoms with van der Waals surface area (Å²) in [5, 5.41) is 12.5. The second-order valence-electron chi connectivity index (χ2n) is 8.27. The van der Waals surface area contributed by atoms with Crippen LogP contribution in [0.1, 0.15) is 48.3 Å². The minimum absolute atomic E-state index is 0.0383. The molecule has 8 nitrogen and oxygen atoms in total. The monoisotopic (exact) mass is 426 g/mol. The maximum Gasteiger partial charge on any atom is 0.289 e. The summed E-state index contributed by atoms with van der Waals surface area (Å²) < 4.78 is 20.3. The molecule has 0 saturated carbocycles. The Kier molecular flexibility index (Phi) is 6.41. The van der Waals surface area contributed by atoms with Crippen molar-refractivity contribution >= 4 is 5.91 Å². The molecule has 1 atom stereocenters. The fraction of sp³-hybridized carbons (Fsp3) is 0.455. The number of rotatable bonds is 7. The first-order chi connectivity index (χ1) is 15.0. The van der Waals surface area contributed by atoms with Crippen LogP contribution in [0.4, 0.5) is 4.39 Å². The van der Waals surface area contributed by atoms with Crippen molar-refractivity contribution in [2.75, 3.05) is 26.2 Å². The van der Waals surface area contributed by atoms with E-state index in [0.717, 1.165) is 30.9 Å². The molecule has 9 heteroatoms. The Morgan fingerprint density at radius 1 is 1.13 bits per heavy atom. The van der Waals surface area contributed by atoms with E-state index in [1.807, 2.05) is 4.90 Å². The lowest BCUT2D eigenvalue weighted by atomic mass is 10.0. The lowest BCUT2D eigenvalue weighted by Crippen LogP contribution is -2.50. The van der Waals surface area contributed by atoms with Gasteiger partial charge in [0.25, 0.3) is 5.91 Å². The van der Waals surface area contributed by atoms with Gasteiger partial charge in [0.2, 0.25) is 0 Å². The van der Waals surface area contributed by atoms with Gasteiger partial charge in [0, 0.05) is 26.2 Å². The zero-order chi connectivity index (χ0) is 21.8. The molecule has 1 saturated heterocycles. The first kappa shape index (κ1) is 21.2. The molecule has 0 aliphatic carbocycles. The van der Waals surface area contributed by atoms with Crippen molar-refractivity contribution in [3.05, 3.63) is 65.6 Å². The molecule has 2 aromatic heterocycles. The molecule has 0 spiro atoms. The summed E-state index contributed by atoms with van der Waals surface area (Å²) in [6.07, 6.45) is 2.42. The zero-order valence-corrected chi connectivity index (χ0v) is 17.8. The standard InChI is InChI=1S/C22H27FN6O2/c1-16(2)14-19(21-24-25-26-29(21)15-17-5-7-18(23)8-6-17)27-9-11-28(12-10-27)22(30)20-4-3-13-31-20/h3-8,13,16,19H,9-12,14-15H2,1-2H3/t19-/m1/s1. The highest BCUT2D eigenvalue weighted by atomic mass is 19.1. The normalized spacial score (nSPS) is 16.1. The number of carbonyl (C=O) groups excluding carboxylic acids is 1. The van der Waals surface area contributed by atoms with Gasteiger partial charge in [0.15, 0.2) is 11.6 Å². The molecule has 0 N–H and O–H groups in total. The number of furan rings is 1. The molecule has 31 heavy (non-hydrogen) atoms. The number of piperazine rings is 1. The van der Waals surface area contributed by atoms with Crippen LogP contribution in [0.15, 0.2) is 47.1 Å². The lowest BCUT2D eigenvalue weighted by Gasteiger charge is -2.39. The zero-order valence-electron chi connectivity index (χ0n) is 17.8. The van der Waals surface area contributed by atoms with Gasteiger partial charge in [-0.1, -0.05) is 26.0 Å². The van der Waals surface area contributed by atoms with Gasteiger partial charge in [-0.25, -0.2) is 9.07 Å². The third-order valence-corrected chi connectivity index (χ3v) is 5.57. The van der Waals surface area contributed by atoms with Crippen molar-refractivity contribution in [2.45, 2.75) is 32.9 Å². The van der Waals surface area contributed by atoms with Crippen LogP contribution in [0.5, 0.6) is 0 Å². The molecule has 1 aliphatic heterocycles. The van der Waals surface area contributed by atoms with Gasteiger partial charge in [-0.3, -0.25) is 9.69 Å². The summed E-state index contributed by atoms with van der Waals surface area (Å²) in [5.74, 6) is 1.27. The number of nitrogens with zero attached hydrogens (tertiary/aromatic N) is 6. The Morgan fingerprint density at radius 3 is 2.52 bits per heavy atom. The smallest absolute Gasteiger partial charge is 0.289 e. The largest absolute Gasteiger partial charge is 0.459 e. The van der Waals surface area contributed by atoms with Crippen molar-refractivity contribution < 1.29 is 13.6 Å². The molecule has 164 valence electrons. The van der Waals surface area contributed by atoms with Crippen LogP contribution in [0.2, 0.25) is 0 Å². The van der Waals surface area contributed by atoms with Gasteiger partial charge in [-0.05, 0) is 52.6 Å². The summed E-state index contributed by atoms with van der Waals surface area (Å²) in [6.45, 7) is 7.53. The number of benzene rings is 1. The van der Waals surface area contributed by atoms with Gasteiger partial charge >= 0.3 is 0 Å². The van der Waals surface area contributed by atoms with Crippen molar-refractivity contribution in [1.82, 2.24) is 30.0 Å². The minimum atomic E-state index is -0.264. The molecular weight excluding hydrogens is 399 g/mol. The van der Waals surface area contributed by atoms with E-state index < -0.39 is 0 Å². The second kappa shape index (κ2) is 9.38. The van der Waals surface area contributed by atoms with E-state index >= 15 is 0 Å². The average molecular weight is 426 g/mol. The predicted molar refractivity (Wildman–Crippen MR) is 112 cm³/mol. The van der Waals surface area contributed by atoms with E-state index in [-0.39, 0.29) is 17.8 Å². The maximum atomic E-state index is 13.2. The Hall–Kier alpha value is -3.07. The number of halogens is 1. The highest BCUT2D eigenvalue weighted by Crippen LogP contribution is 2.28. The molecule has 1 amide bonds. The Balaban J connectivity index is 1.48. The van der Waals surface area contributed by atoms with Crippen LogP contribution < -0.4 is 0 Å². The van der Waals surface area contributed by atoms with E-state index in [1.54, 1.807) is 28.9 Å². The van der Waals surface area contributed by atoms with E-state index in [0.29, 0.717) is 31.3 Å². The number of amides is 1. The Morgan fingerprint density at radius 2 is 1.87 bits per heavy atom. The average Bonchev–Trinajstić information content (AvgIpc) is 3.46. The highest BCUT2D eigenvalue weighted by molar-refractivity contribution is 5.91. The number of carbonyl (C=O) groups is 1. The first-order valence-corrected chi connectivity index (χ1v) is 10.6. The molecule has 4 rings (SSSR count). The van der Waals surface area contributed by atoms with Crippen LogP contribution in [-0.2, 0) is 6.54 Å². The van der Waals surface area contributed by atoms with Crippen LogP contribution in [0.3, 0.4) is 0 Å². The fourth-order valence-corrected chi connectivity index (χ4v) is 3.98. The molecule has 0 unspecified atom stereocenters. The first-order valence-electron chi connectivity index (χ1n) is 10.6. The molecule has 0 bridgehead atoms.